The number of fused-ring (bicyclic) bond motifs is 1. The average Bonchev–Trinajstić information content (AvgIpc) is 2.99. The number of benzene rings is 3. The minimum absolute atomic E-state index is 0.0259. The molecule has 1 heterocycles. The third-order valence-electron chi connectivity index (χ3n) is 4.58. The van der Waals surface area contributed by atoms with E-state index in [1.807, 2.05) is 30.3 Å². The van der Waals surface area contributed by atoms with Crippen molar-refractivity contribution in [2.24, 2.45) is 0 Å². The quantitative estimate of drug-likeness (QED) is 0.491. The van der Waals surface area contributed by atoms with Crippen LogP contribution in [-0.4, -0.2) is 21.1 Å². The van der Waals surface area contributed by atoms with Crippen LogP contribution in [0.15, 0.2) is 54.3 Å². The molecule has 1 aliphatic heterocycles. The summed E-state index contributed by atoms with van der Waals surface area (Å²) in [5.41, 5.74) is 1.22. The van der Waals surface area contributed by atoms with Crippen LogP contribution >= 0.6 is 23.2 Å². The van der Waals surface area contributed by atoms with Crippen molar-refractivity contribution in [3.63, 3.8) is 0 Å². The number of halogens is 2. The Hall–Kier alpha value is -3.15. The van der Waals surface area contributed by atoms with Gasteiger partial charge in [0.15, 0.2) is 5.76 Å². The van der Waals surface area contributed by atoms with E-state index in [-0.39, 0.29) is 61.9 Å². The summed E-state index contributed by atoms with van der Waals surface area (Å²) >= 11 is 11.9. The summed E-state index contributed by atoms with van der Waals surface area (Å²) in [6.07, 6.45) is 1.52. The van der Waals surface area contributed by atoms with Crippen molar-refractivity contribution < 1.29 is 24.9 Å². The zero-order valence-electron chi connectivity index (χ0n) is 14.8. The maximum atomic E-state index is 12.8. The second-order valence-electron chi connectivity index (χ2n) is 6.52. The van der Waals surface area contributed by atoms with Gasteiger partial charge in [0.25, 0.3) is 0 Å². The number of carbonyl (C=O) groups is 1. The molecular formula is C22H14Cl2O5. The molecular weight excluding hydrogens is 415 g/mol. The van der Waals surface area contributed by atoms with Crippen LogP contribution in [0.5, 0.6) is 23.0 Å². The standard InChI is InChI=1S/C22H14Cl2O5/c23-13-7-12(20(26)15(24)9-13)8-18-22(28)19-17(29-18)10-16(25)14(21(19)27)6-11-4-2-1-3-5-11/h1-5,7-10,25-27H,6H2/b18-8-. The van der Waals surface area contributed by atoms with Gasteiger partial charge in [0.2, 0.25) is 5.78 Å². The molecule has 3 aromatic rings. The Balaban J connectivity index is 1.75. The SMILES string of the molecule is O=C1/C(=C/c2cc(Cl)cc(Cl)c2O)Oc2cc(O)c(Cc3ccccc3)c(O)c21. The summed E-state index contributed by atoms with van der Waals surface area (Å²) in [7, 11) is 0. The van der Waals surface area contributed by atoms with Gasteiger partial charge in [0, 0.05) is 28.6 Å². The summed E-state index contributed by atoms with van der Waals surface area (Å²) in [4.78, 5) is 12.8. The number of hydrogen-bond acceptors (Lipinski definition) is 5. The zero-order chi connectivity index (χ0) is 20.7. The fourth-order valence-corrected chi connectivity index (χ4v) is 3.68. The highest BCUT2D eigenvalue weighted by atomic mass is 35.5. The Morgan fingerprint density at radius 1 is 0.966 bits per heavy atom. The van der Waals surface area contributed by atoms with Crippen molar-refractivity contribution >= 4 is 35.1 Å². The van der Waals surface area contributed by atoms with Crippen molar-refractivity contribution in [2.75, 3.05) is 0 Å². The highest BCUT2D eigenvalue weighted by Crippen LogP contribution is 2.45. The molecule has 0 unspecified atom stereocenters. The summed E-state index contributed by atoms with van der Waals surface area (Å²) < 4.78 is 5.52. The first-order chi connectivity index (χ1) is 13.8. The number of phenols is 3. The van der Waals surface area contributed by atoms with E-state index in [1.54, 1.807) is 0 Å². The van der Waals surface area contributed by atoms with Crippen LogP contribution in [-0.2, 0) is 6.42 Å². The fraction of sp³-hybridized carbons (Fsp3) is 0.0455. The maximum Gasteiger partial charge on any atom is 0.235 e. The molecule has 0 spiro atoms. The molecule has 0 atom stereocenters. The minimum Gasteiger partial charge on any atom is -0.507 e. The lowest BCUT2D eigenvalue weighted by Crippen LogP contribution is -2.00. The highest BCUT2D eigenvalue weighted by Gasteiger charge is 2.34. The Bertz CT molecular complexity index is 1170. The Kier molecular flexibility index (Phi) is 4.86. The number of Topliss-reactive ketones (excluding diaryl/α,β-unsaturated/α-hetero) is 1. The molecule has 0 saturated heterocycles. The number of carbonyl (C=O) groups excluding carboxylic acids is 1. The summed E-state index contributed by atoms with van der Waals surface area (Å²) in [6.45, 7) is 0. The second-order valence-corrected chi connectivity index (χ2v) is 7.37. The van der Waals surface area contributed by atoms with Crippen molar-refractivity contribution in [3.8, 4) is 23.0 Å². The first kappa shape index (κ1) is 19.2. The van der Waals surface area contributed by atoms with Crippen LogP contribution in [0.3, 0.4) is 0 Å². The molecule has 146 valence electrons. The monoisotopic (exact) mass is 428 g/mol. The van der Waals surface area contributed by atoms with Gasteiger partial charge >= 0.3 is 0 Å². The van der Waals surface area contributed by atoms with Crippen LogP contribution in [0.25, 0.3) is 6.08 Å². The number of phenolic OH excluding ortho intramolecular Hbond substituents is 3. The van der Waals surface area contributed by atoms with Gasteiger partial charge in [-0.3, -0.25) is 4.79 Å². The molecule has 0 amide bonds. The van der Waals surface area contributed by atoms with E-state index in [0.717, 1.165) is 5.56 Å². The number of aromatic hydroxyl groups is 3. The molecule has 0 aliphatic carbocycles. The largest absolute Gasteiger partial charge is 0.507 e. The third kappa shape index (κ3) is 3.50. The first-order valence-electron chi connectivity index (χ1n) is 8.59. The maximum absolute atomic E-state index is 12.8. The van der Waals surface area contributed by atoms with E-state index in [1.165, 1.54) is 24.3 Å². The van der Waals surface area contributed by atoms with Gasteiger partial charge in [0.1, 0.15) is 28.6 Å². The van der Waals surface area contributed by atoms with Gasteiger partial charge in [-0.15, -0.1) is 0 Å². The third-order valence-corrected chi connectivity index (χ3v) is 5.09. The van der Waals surface area contributed by atoms with Crippen molar-refractivity contribution in [1.82, 2.24) is 0 Å². The van der Waals surface area contributed by atoms with Gasteiger partial charge in [0.05, 0.1) is 5.02 Å². The normalized spacial score (nSPS) is 14.1. The molecule has 1 aliphatic rings. The molecule has 3 aromatic carbocycles. The lowest BCUT2D eigenvalue weighted by molar-refractivity contribution is 0.101. The zero-order valence-corrected chi connectivity index (χ0v) is 16.3. The molecule has 0 saturated carbocycles. The van der Waals surface area contributed by atoms with E-state index >= 15 is 0 Å². The molecule has 3 N–H and O–H groups in total. The van der Waals surface area contributed by atoms with Crippen LogP contribution in [0.2, 0.25) is 10.0 Å². The Morgan fingerprint density at radius 2 is 1.69 bits per heavy atom. The second kappa shape index (κ2) is 7.35. The molecule has 4 rings (SSSR count). The molecule has 29 heavy (non-hydrogen) atoms. The molecule has 0 fully saturated rings. The van der Waals surface area contributed by atoms with E-state index in [9.17, 15) is 20.1 Å². The van der Waals surface area contributed by atoms with E-state index < -0.39 is 5.78 Å². The lowest BCUT2D eigenvalue weighted by Gasteiger charge is -2.10. The number of hydrogen-bond donors (Lipinski definition) is 3. The summed E-state index contributed by atoms with van der Waals surface area (Å²) in [5, 5.41) is 31.4. The molecule has 0 radical (unpaired) electrons. The summed E-state index contributed by atoms with van der Waals surface area (Å²) in [6, 6.07) is 13.3. The number of ketones is 1. The topological polar surface area (TPSA) is 87.0 Å². The molecule has 0 bridgehead atoms. The van der Waals surface area contributed by atoms with Crippen LogP contribution in [0.4, 0.5) is 0 Å². The van der Waals surface area contributed by atoms with Crippen LogP contribution in [0, 0.1) is 0 Å². The Labute approximate surface area is 176 Å². The van der Waals surface area contributed by atoms with Crippen molar-refractivity contribution in [3.05, 3.63) is 86.6 Å². The lowest BCUT2D eigenvalue weighted by atomic mass is 9.98. The Morgan fingerprint density at radius 3 is 2.41 bits per heavy atom. The van der Waals surface area contributed by atoms with E-state index in [0.29, 0.717) is 0 Å². The van der Waals surface area contributed by atoms with Gasteiger partial charge in [-0.2, -0.15) is 0 Å². The average molecular weight is 429 g/mol. The molecule has 0 aromatic heterocycles. The van der Waals surface area contributed by atoms with Gasteiger partial charge in [-0.1, -0.05) is 53.5 Å². The number of allylic oxidation sites excluding steroid dienone is 1. The van der Waals surface area contributed by atoms with Gasteiger partial charge in [-0.25, -0.2) is 0 Å². The van der Waals surface area contributed by atoms with E-state index in [4.69, 9.17) is 27.9 Å². The van der Waals surface area contributed by atoms with E-state index in [2.05, 4.69) is 0 Å². The summed E-state index contributed by atoms with van der Waals surface area (Å²) in [5.74, 6) is -1.48. The van der Waals surface area contributed by atoms with Crippen LogP contribution < -0.4 is 4.74 Å². The predicted molar refractivity (Wildman–Crippen MR) is 110 cm³/mol. The molecule has 7 heteroatoms. The molecule has 5 nitrogen and oxygen atoms in total. The number of rotatable bonds is 3. The van der Waals surface area contributed by atoms with Gasteiger partial charge < -0.3 is 20.1 Å². The first-order valence-corrected chi connectivity index (χ1v) is 9.34. The van der Waals surface area contributed by atoms with Crippen LogP contribution in [0.1, 0.15) is 27.0 Å². The number of ether oxygens (including phenoxy) is 1. The highest BCUT2D eigenvalue weighted by molar-refractivity contribution is 6.36. The predicted octanol–water partition coefficient (Wildman–Crippen LogP) is 5.32. The fourth-order valence-electron chi connectivity index (χ4n) is 3.17. The van der Waals surface area contributed by atoms with Crippen molar-refractivity contribution in [2.45, 2.75) is 6.42 Å². The van der Waals surface area contributed by atoms with Gasteiger partial charge in [-0.05, 0) is 23.8 Å². The minimum atomic E-state index is -0.581. The van der Waals surface area contributed by atoms with Crippen molar-refractivity contribution in [1.29, 1.82) is 0 Å². The smallest absolute Gasteiger partial charge is 0.235 e.